The van der Waals surface area contributed by atoms with Crippen molar-refractivity contribution in [2.45, 2.75) is 0 Å². The molecule has 0 aliphatic carbocycles. The Morgan fingerprint density at radius 1 is 1.17 bits per heavy atom. The summed E-state index contributed by atoms with van der Waals surface area (Å²) in [4.78, 5) is 29.2. The lowest BCUT2D eigenvalue weighted by Crippen LogP contribution is -2.13. The molecule has 3 rings (SSSR count). The summed E-state index contributed by atoms with van der Waals surface area (Å²) < 4.78 is 4.66. The highest BCUT2D eigenvalue weighted by Gasteiger charge is 2.13. The van der Waals surface area contributed by atoms with Crippen molar-refractivity contribution in [2.75, 3.05) is 12.4 Å². The predicted molar refractivity (Wildman–Crippen MR) is 91.2 cm³/mol. The van der Waals surface area contributed by atoms with Crippen LogP contribution in [0.1, 0.15) is 20.8 Å². The summed E-state index contributed by atoms with van der Waals surface area (Å²) in [6.45, 7) is 0. The van der Waals surface area contributed by atoms with Gasteiger partial charge in [0.25, 0.3) is 5.91 Å². The molecule has 2 aromatic heterocycles. The molecule has 2 heterocycles. The summed E-state index contributed by atoms with van der Waals surface area (Å²) in [7, 11) is 1.31. The SMILES string of the molecule is COC(=O)c1cccc(NC(=O)c2csc(-c3cccs3)n2)c1. The molecule has 0 radical (unpaired) electrons. The molecular weight excluding hydrogens is 332 g/mol. The van der Waals surface area contributed by atoms with Gasteiger partial charge in [-0.15, -0.1) is 22.7 Å². The second kappa shape index (κ2) is 6.72. The molecule has 1 N–H and O–H groups in total. The Hall–Kier alpha value is -2.51. The Morgan fingerprint density at radius 3 is 2.78 bits per heavy atom. The molecule has 3 aromatic rings. The van der Waals surface area contributed by atoms with Gasteiger partial charge in [0.1, 0.15) is 10.7 Å². The molecule has 1 amide bonds. The largest absolute Gasteiger partial charge is 0.465 e. The molecule has 23 heavy (non-hydrogen) atoms. The van der Waals surface area contributed by atoms with Crippen LogP contribution in [0.5, 0.6) is 0 Å². The lowest BCUT2D eigenvalue weighted by atomic mass is 10.2. The normalized spacial score (nSPS) is 10.3. The Kier molecular flexibility index (Phi) is 4.50. The second-order valence-electron chi connectivity index (χ2n) is 4.54. The maximum absolute atomic E-state index is 12.3. The number of hydrogen-bond acceptors (Lipinski definition) is 6. The third-order valence-electron chi connectivity index (χ3n) is 3.01. The van der Waals surface area contributed by atoms with Gasteiger partial charge < -0.3 is 10.1 Å². The van der Waals surface area contributed by atoms with Gasteiger partial charge in [-0.3, -0.25) is 4.79 Å². The van der Waals surface area contributed by atoms with Gasteiger partial charge in [-0.1, -0.05) is 12.1 Å². The molecule has 0 saturated heterocycles. The van der Waals surface area contributed by atoms with Gasteiger partial charge in [-0.05, 0) is 29.6 Å². The van der Waals surface area contributed by atoms with Gasteiger partial charge in [0.05, 0.1) is 17.6 Å². The van der Waals surface area contributed by atoms with Crippen molar-refractivity contribution in [3.8, 4) is 9.88 Å². The van der Waals surface area contributed by atoms with Crippen LogP contribution in [0.15, 0.2) is 47.2 Å². The zero-order chi connectivity index (χ0) is 16.2. The standard InChI is InChI=1S/C16H12N2O3S2/c1-21-16(20)10-4-2-5-11(8-10)17-14(19)12-9-23-15(18-12)13-6-3-7-22-13/h2-9H,1H3,(H,17,19). The number of thiazole rings is 1. The first-order chi connectivity index (χ1) is 11.2. The number of ether oxygens (including phenoxy) is 1. The average molecular weight is 344 g/mol. The molecule has 7 heteroatoms. The van der Waals surface area contributed by atoms with E-state index in [0.717, 1.165) is 9.88 Å². The summed E-state index contributed by atoms with van der Waals surface area (Å²) >= 11 is 3.00. The first-order valence-corrected chi connectivity index (χ1v) is 8.42. The van der Waals surface area contributed by atoms with Gasteiger partial charge >= 0.3 is 5.97 Å². The quantitative estimate of drug-likeness (QED) is 0.729. The topological polar surface area (TPSA) is 68.3 Å². The molecule has 0 fully saturated rings. The summed E-state index contributed by atoms with van der Waals surface area (Å²) in [5.74, 6) is -0.763. The zero-order valence-electron chi connectivity index (χ0n) is 12.1. The molecule has 0 aliphatic heterocycles. The summed E-state index contributed by atoms with van der Waals surface area (Å²) in [6, 6.07) is 10.5. The molecule has 1 aromatic carbocycles. The molecule has 0 aliphatic rings. The highest BCUT2D eigenvalue weighted by Crippen LogP contribution is 2.28. The van der Waals surface area contributed by atoms with E-state index in [2.05, 4.69) is 15.0 Å². The van der Waals surface area contributed by atoms with Crippen molar-refractivity contribution in [1.29, 1.82) is 0 Å². The Morgan fingerprint density at radius 2 is 2.04 bits per heavy atom. The van der Waals surface area contributed by atoms with Crippen molar-refractivity contribution < 1.29 is 14.3 Å². The number of carbonyl (C=O) groups is 2. The zero-order valence-corrected chi connectivity index (χ0v) is 13.7. The van der Waals surface area contributed by atoms with Gasteiger partial charge in [0.2, 0.25) is 0 Å². The Balaban J connectivity index is 1.76. The summed E-state index contributed by atoms with van der Waals surface area (Å²) in [5, 5.41) is 7.23. The number of aromatic nitrogens is 1. The van der Waals surface area contributed by atoms with Crippen LogP contribution in [-0.2, 0) is 4.74 Å². The number of nitrogens with zero attached hydrogens (tertiary/aromatic N) is 1. The second-order valence-corrected chi connectivity index (χ2v) is 6.35. The van der Waals surface area contributed by atoms with Crippen molar-refractivity contribution in [3.05, 3.63) is 58.4 Å². The maximum atomic E-state index is 12.3. The molecule has 116 valence electrons. The number of rotatable bonds is 4. The molecule has 0 unspecified atom stereocenters. The van der Waals surface area contributed by atoms with E-state index in [4.69, 9.17) is 0 Å². The minimum Gasteiger partial charge on any atom is -0.465 e. The number of esters is 1. The first-order valence-electron chi connectivity index (χ1n) is 6.66. The van der Waals surface area contributed by atoms with Gasteiger partial charge in [-0.2, -0.15) is 0 Å². The van der Waals surface area contributed by atoms with Gasteiger partial charge in [0.15, 0.2) is 0 Å². The van der Waals surface area contributed by atoms with Crippen LogP contribution < -0.4 is 5.32 Å². The van der Waals surface area contributed by atoms with Gasteiger partial charge in [0, 0.05) is 11.1 Å². The molecular formula is C16H12N2O3S2. The van der Waals surface area contributed by atoms with Crippen molar-refractivity contribution in [1.82, 2.24) is 4.98 Å². The molecule has 5 nitrogen and oxygen atoms in total. The lowest BCUT2D eigenvalue weighted by molar-refractivity contribution is 0.0600. The van der Waals surface area contributed by atoms with E-state index < -0.39 is 5.97 Å². The monoisotopic (exact) mass is 344 g/mol. The van der Waals surface area contributed by atoms with E-state index in [1.54, 1.807) is 41.0 Å². The van der Waals surface area contributed by atoms with Crippen LogP contribution in [0.2, 0.25) is 0 Å². The van der Waals surface area contributed by atoms with Crippen molar-refractivity contribution in [2.24, 2.45) is 0 Å². The highest BCUT2D eigenvalue weighted by atomic mass is 32.1. The van der Waals surface area contributed by atoms with Crippen molar-refractivity contribution in [3.63, 3.8) is 0 Å². The third kappa shape index (κ3) is 3.46. The average Bonchev–Trinajstić information content (AvgIpc) is 3.25. The number of anilines is 1. The molecule has 0 atom stereocenters. The van der Waals surface area contributed by atoms with E-state index in [9.17, 15) is 9.59 Å². The molecule has 0 spiro atoms. The lowest BCUT2D eigenvalue weighted by Gasteiger charge is -2.05. The minimum atomic E-state index is -0.449. The fourth-order valence-electron chi connectivity index (χ4n) is 1.93. The van der Waals surface area contributed by atoms with E-state index in [1.807, 2.05) is 17.5 Å². The number of amides is 1. The summed E-state index contributed by atoms with van der Waals surface area (Å²) in [6.07, 6.45) is 0. The number of methoxy groups -OCH3 is 1. The number of hydrogen-bond donors (Lipinski definition) is 1. The van der Waals surface area contributed by atoms with Crippen LogP contribution in [0, 0.1) is 0 Å². The van der Waals surface area contributed by atoms with E-state index in [0.29, 0.717) is 16.9 Å². The first kappa shape index (κ1) is 15.4. The number of carbonyl (C=O) groups excluding carboxylic acids is 2. The third-order valence-corrected chi connectivity index (χ3v) is 4.89. The number of nitrogens with one attached hydrogen (secondary N) is 1. The summed E-state index contributed by atoms with van der Waals surface area (Å²) in [5.41, 5.74) is 1.24. The number of benzene rings is 1. The van der Waals surface area contributed by atoms with Crippen LogP contribution in [0.3, 0.4) is 0 Å². The van der Waals surface area contributed by atoms with Crippen LogP contribution in [-0.4, -0.2) is 24.0 Å². The van der Waals surface area contributed by atoms with Gasteiger partial charge in [-0.25, -0.2) is 9.78 Å². The van der Waals surface area contributed by atoms with Crippen LogP contribution in [0.25, 0.3) is 9.88 Å². The Bertz CT molecular complexity index is 841. The van der Waals surface area contributed by atoms with Crippen LogP contribution >= 0.6 is 22.7 Å². The van der Waals surface area contributed by atoms with Crippen molar-refractivity contribution >= 4 is 40.2 Å². The smallest absolute Gasteiger partial charge is 0.337 e. The van der Waals surface area contributed by atoms with Crippen LogP contribution in [0.4, 0.5) is 5.69 Å². The predicted octanol–water partition coefficient (Wildman–Crippen LogP) is 3.91. The maximum Gasteiger partial charge on any atom is 0.337 e. The van der Waals surface area contributed by atoms with E-state index in [-0.39, 0.29) is 5.91 Å². The number of thiophene rings is 1. The minimum absolute atomic E-state index is 0.314. The molecule has 0 bridgehead atoms. The fraction of sp³-hybridized carbons (Fsp3) is 0.0625. The van der Waals surface area contributed by atoms with E-state index >= 15 is 0 Å². The fourth-order valence-corrected chi connectivity index (χ4v) is 3.54. The Labute approximate surface area is 140 Å². The highest BCUT2D eigenvalue weighted by molar-refractivity contribution is 7.20. The molecule has 0 saturated carbocycles. The van der Waals surface area contributed by atoms with E-state index in [1.165, 1.54) is 18.4 Å².